The van der Waals surface area contributed by atoms with Crippen molar-refractivity contribution >= 4 is 39.5 Å². The molecule has 0 radical (unpaired) electrons. The van der Waals surface area contributed by atoms with E-state index in [-0.39, 0.29) is 33.2 Å². The Kier molecular flexibility index (Phi) is 6.75. The number of amides is 2. The van der Waals surface area contributed by atoms with Crippen molar-refractivity contribution in [3.05, 3.63) is 53.7 Å². The maximum absolute atomic E-state index is 14.6. The van der Waals surface area contributed by atoms with E-state index in [0.717, 1.165) is 36.4 Å². The second-order valence-electron chi connectivity index (χ2n) is 8.32. The third-order valence-corrected chi connectivity index (χ3v) is 6.48. The van der Waals surface area contributed by atoms with Gasteiger partial charge in [-0.15, -0.1) is 0 Å². The second-order valence-corrected chi connectivity index (χ2v) is 9.35. The number of carbonyl (C=O) groups excluding carboxylic acids is 2. The zero-order valence-electron chi connectivity index (χ0n) is 18.9. The Bertz CT molecular complexity index is 1230. The lowest BCUT2D eigenvalue weighted by atomic mass is 10.1. The number of anilines is 3. The molecular weight excluding hydrogens is 457 g/mol. The first kappa shape index (κ1) is 23.6. The number of hydrogen-bond donors (Lipinski definition) is 3. The number of nitrogens with zero attached hydrogens (tertiary/aromatic N) is 4. The quantitative estimate of drug-likeness (QED) is 0.509. The van der Waals surface area contributed by atoms with Crippen molar-refractivity contribution in [1.29, 1.82) is 0 Å². The van der Waals surface area contributed by atoms with Crippen molar-refractivity contribution in [2.75, 3.05) is 43.1 Å². The lowest BCUT2D eigenvalue weighted by molar-refractivity contribution is 0.0827. The third kappa shape index (κ3) is 4.85. The molecule has 1 fully saturated rings. The maximum Gasteiger partial charge on any atom is 0.277 e. The lowest BCUT2D eigenvalue weighted by Gasteiger charge is -2.33. The molecule has 9 nitrogen and oxygen atoms in total. The zero-order valence-corrected chi connectivity index (χ0v) is 19.7. The van der Waals surface area contributed by atoms with Crippen LogP contribution in [0.5, 0.6) is 0 Å². The van der Waals surface area contributed by atoms with Gasteiger partial charge in [0.05, 0.1) is 17.6 Å². The number of benzene rings is 1. The monoisotopic (exact) mass is 483 g/mol. The van der Waals surface area contributed by atoms with E-state index in [1.54, 1.807) is 26.5 Å². The van der Waals surface area contributed by atoms with Crippen LogP contribution in [0.1, 0.15) is 33.7 Å². The lowest BCUT2D eigenvalue weighted by Crippen LogP contribution is -2.43. The van der Waals surface area contributed by atoms with Gasteiger partial charge in [0.2, 0.25) is 0 Å². The SMILES string of the molecule is CN(C)C(=O)c1ccc(F)c(-c2nc(C(=O)Nc3cnccc3N3CCCC(N)C3)c(N)s2)c1. The second kappa shape index (κ2) is 9.74. The smallest absolute Gasteiger partial charge is 0.277 e. The Hall–Kier alpha value is -3.57. The van der Waals surface area contributed by atoms with Crippen molar-refractivity contribution in [2.45, 2.75) is 18.9 Å². The van der Waals surface area contributed by atoms with Crippen LogP contribution >= 0.6 is 11.3 Å². The molecule has 0 saturated carbocycles. The molecular formula is C23H26FN7O2S. The molecule has 0 bridgehead atoms. The number of nitrogens with one attached hydrogen (secondary N) is 1. The van der Waals surface area contributed by atoms with Crippen LogP contribution in [0.4, 0.5) is 20.8 Å². The molecule has 1 unspecified atom stereocenters. The molecule has 1 aliphatic heterocycles. The average Bonchev–Trinajstić information content (AvgIpc) is 3.20. The van der Waals surface area contributed by atoms with Gasteiger partial charge in [-0.1, -0.05) is 11.3 Å². The molecule has 1 aliphatic rings. The van der Waals surface area contributed by atoms with Crippen LogP contribution in [0.3, 0.4) is 0 Å². The summed E-state index contributed by atoms with van der Waals surface area (Å²) in [5.41, 5.74) is 13.9. The molecule has 3 aromatic rings. The predicted octanol–water partition coefficient (Wildman–Crippen LogP) is 2.81. The molecule has 3 heterocycles. The van der Waals surface area contributed by atoms with Crippen LogP contribution < -0.4 is 21.7 Å². The van der Waals surface area contributed by atoms with E-state index in [2.05, 4.69) is 20.2 Å². The van der Waals surface area contributed by atoms with Gasteiger partial charge < -0.3 is 26.6 Å². The van der Waals surface area contributed by atoms with E-state index in [1.807, 2.05) is 6.07 Å². The van der Waals surface area contributed by atoms with Crippen LogP contribution in [0.25, 0.3) is 10.6 Å². The fourth-order valence-corrected chi connectivity index (χ4v) is 4.71. The summed E-state index contributed by atoms with van der Waals surface area (Å²) in [7, 11) is 3.22. The summed E-state index contributed by atoms with van der Waals surface area (Å²) in [5, 5.41) is 3.18. The average molecular weight is 484 g/mol. The van der Waals surface area contributed by atoms with Crippen molar-refractivity contribution in [2.24, 2.45) is 5.73 Å². The Morgan fingerprint density at radius 1 is 1.29 bits per heavy atom. The number of rotatable bonds is 5. The predicted molar refractivity (Wildman–Crippen MR) is 132 cm³/mol. The summed E-state index contributed by atoms with van der Waals surface area (Å²) in [4.78, 5) is 37.3. The summed E-state index contributed by atoms with van der Waals surface area (Å²) < 4.78 is 14.6. The van der Waals surface area contributed by atoms with Gasteiger partial charge in [-0.25, -0.2) is 9.37 Å². The zero-order chi connectivity index (χ0) is 24.4. The van der Waals surface area contributed by atoms with Gasteiger partial charge in [0.25, 0.3) is 11.8 Å². The molecule has 0 spiro atoms. The van der Waals surface area contributed by atoms with Crippen LogP contribution in [-0.2, 0) is 0 Å². The number of piperidine rings is 1. The van der Waals surface area contributed by atoms with Crippen LogP contribution in [-0.4, -0.2) is 59.9 Å². The molecule has 1 atom stereocenters. The molecule has 4 rings (SSSR count). The fraction of sp³-hybridized carbons (Fsp3) is 0.304. The maximum atomic E-state index is 14.6. The van der Waals surface area contributed by atoms with Gasteiger partial charge >= 0.3 is 0 Å². The Morgan fingerprint density at radius 3 is 2.82 bits per heavy atom. The molecule has 178 valence electrons. The first-order valence-corrected chi connectivity index (χ1v) is 11.6. The highest BCUT2D eigenvalue weighted by molar-refractivity contribution is 7.19. The molecule has 1 saturated heterocycles. The van der Waals surface area contributed by atoms with Gasteiger partial charge in [-0.3, -0.25) is 14.6 Å². The van der Waals surface area contributed by atoms with Crippen molar-refractivity contribution in [3.8, 4) is 10.6 Å². The summed E-state index contributed by atoms with van der Waals surface area (Å²) in [6, 6.07) is 5.91. The van der Waals surface area contributed by atoms with Gasteiger partial charge in [0.1, 0.15) is 15.8 Å². The highest BCUT2D eigenvalue weighted by Gasteiger charge is 2.23. The highest BCUT2D eigenvalue weighted by Crippen LogP contribution is 2.34. The number of pyridine rings is 1. The molecule has 34 heavy (non-hydrogen) atoms. The summed E-state index contributed by atoms with van der Waals surface area (Å²) >= 11 is 0.980. The molecule has 11 heteroatoms. The number of thiazole rings is 1. The summed E-state index contributed by atoms with van der Waals surface area (Å²) in [6.45, 7) is 1.50. The standard InChI is InChI=1S/C23H26FN7O2S/c1-30(2)23(33)13-5-6-16(24)15(10-13)22-29-19(20(26)34-22)21(32)28-17-11-27-8-7-18(17)31-9-3-4-14(25)12-31/h5-8,10-11,14H,3-4,9,12,25-26H2,1-2H3,(H,28,32). The Morgan fingerprint density at radius 2 is 2.09 bits per heavy atom. The number of hydrogen-bond acceptors (Lipinski definition) is 8. The molecule has 1 aromatic carbocycles. The number of carbonyl (C=O) groups is 2. The van der Waals surface area contributed by atoms with Crippen molar-refractivity contribution in [1.82, 2.24) is 14.9 Å². The fourth-order valence-electron chi connectivity index (χ4n) is 3.86. The number of nitrogen functional groups attached to an aromatic ring is 1. The van der Waals surface area contributed by atoms with Crippen LogP contribution in [0.15, 0.2) is 36.7 Å². The van der Waals surface area contributed by atoms with E-state index in [1.165, 1.54) is 23.1 Å². The highest BCUT2D eigenvalue weighted by atomic mass is 32.1. The molecule has 5 N–H and O–H groups in total. The van der Waals surface area contributed by atoms with E-state index in [9.17, 15) is 14.0 Å². The van der Waals surface area contributed by atoms with E-state index in [4.69, 9.17) is 11.5 Å². The Balaban J connectivity index is 1.60. The minimum atomic E-state index is -0.563. The van der Waals surface area contributed by atoms with Crippen molar-refractivity contribution in [3.63, 3.8) is 0 Å². The normalized spacial score (nSPS) is 15.8. The summed E-state index contributed by atoms with van der Waals surface area (Å²) in [5.74, 6) is -1.37. The number of nitrogens with two attached hydrogens (primary N) is 2. The van der Waals surface area contributed by atoms with Crippen molar-refractivity contribution < 1.29 is 14.0 Å². The van der Waals surface area contributed by atoms with Gasteiger partial charge in [-0.2, -0.15) is 0 Å². The Labute approximate surface area is 200 Å². The minimum absolute atomic E-state index is 0.0195. The largest absolute Gasteiger partial charge is 0.389 e. The number of aromatic nitrogens is 2. The van der Waals surface area contributed by atoms with E-state index < -0.39 is 11.7 Å². The van der Waals surface area contributed by atoms with Gasteiger partial charge in [0, 0.05) is 50.6 Å². The third-order valence-electron chi connectivity index (χ3n) is 5.56. The van der Waals surface area contributed by atoms with Gasteiger partial charge in [-0.05, 0) is 37.1 Å². The molecule has 0 aliphatic carbocycles. The van der Waals surface area contributed by atoms with Crippen LogP contribution in [0, 0.1) is 5.82 Å². The van der Waals surface area contributed by atoms with E-state index in [0.29, 0.717) is 17.8 Å². The first-order valence-electron chi connectivity index (χ1n) is 10.8. The summed E-state index contributed by atoms with van der Waals surface area (Å²) in [6.07, 6.45) is 5.14. The first-order chi connectivity index (χ1) is 16.2. The minimum Gasteiger partial charge on any atom is -0.389 e. The molecule has 2 aromatic heterocycles. The van der Waals surface area contributed by atoms with E-state index >= 15 is 0 Å². The molecule has 2 amide bonds. The topological polar surface area (TPSA) is 130 Å². The van der Waals surface area contributed by atoms with Crippen LogP contribution in [0.2, 0.25) is 0 Å². The number of halogens is 1. The van der Waals surface area contributed by atoms with Gasteiger partial charge in [0.15, 0.2) is 5.69 Å².